The Hall–Kier alpha value is -1.91. The van der Waals surface area contributed by atoms with Crippen LogP contribution >= 0.6 is 0 Å². The summed E-state index contributed by atoms with van der Waals surface area (Å²) >= 11 is 0. The number of carbonyl (C=O) groups is 2. The van der Waals surface area contributed by atoms with Crippen molar-refractivity contribution in [3.8, 4) is 0 Å². The maximum absolute atomic E-state index is 11.9. The van der Waals surface area contributed by atoms with Gasteiger partial charge in [-0.3, -0.25) is 9.78 Å². The fourth-order valence-corrected chi connectivity index (χ4v) is 1.58. The summed E-state index contributed by atoms with van der Waals surface area (Å²) in [6, 6.07) is 1.37. The normalized spacial score (nSPS) is 11.9. The molecule has 5 heteroatoms. The van der Waals surface area contributed by atoms with Crippen molar-refractivity contribution >= 4 is 17.6 Å². The third-order valence-electron chi connectivity index (χ3n) is 2.75. The predicted molar refractivity (Wildman–Crippen MR) is 68.5 cm³/mol. The van der Waals surface area contributed by atoms with Gasteiger partial charge in [0.1, 0.15) is 0 Å². The molecule has 0 aliphatic rings. The second-order valence-corrected chi connectivity index (χ2v) is 4.26. The van der Waals surface area contributed by atoms with Crippen molar-refractivity contribution in [1.29, 1.82) is 0 Å². The van der Waals surface area contributed by atoms with Crippen molar-refractivity contribution in [2.45, 2.75) is 33.1 Å². The summed E-state index contributed by atoms with van der Waals surface area (Å²) in [5, 5.41) is 11.6. The van der Waals surface area contributed by atoms with Gasteiger partial charge in [-0.05, 0) is 12.5 Å². The van der Waals surface area contributed by atoms with Crippen LogP contribution in [0.25, 0.3) is 0 Å². The molecule has 0 radical (unpaired) electrons. The zero-order valence-electron chi connectivity index (χ0n) is 10.6. The topological polar surface area (TPSA) is 79.3 Å². The molecule has 1 amide bonds. The lowest BCUT2D eigenvalue weighted by molar-refractivity contribution is -0.119. The van der Waals surface area contributed by atoms with Gasteiger partial charge in [-0.1, -0.05) is 26.7 Å². The molecule has 0 saturated carbocycles. The molecule has 0 spiro atoms. The highest BCUT2D eigenvalue weighted by Crippen LogP contribution is 2.16. The molecule has 0 aliphatic heterocycles. The molecule has 1 aromatic rings. The first-order valence-corrected chi connectivity index (χ1v) is 6.04. The number of pyridine rings is 1. The van der Waals surface area contributed by atoms with E-state index in [1.54, 1.807) is 0 Å². The van der Waals surface area contributed by atoms with Crippen molar-refractivity contribution in [1.82, 2.24) is 4.98 Å². The number of hydrogen-bond acceptors (Lipinski definition) is 3. The molecule has 0 aromatic carbocycles. The Balaban J connectivity index is 2.72. The van der Waals surface area contributed by atoms with Gasteiger partial charge in [0.2, 0.25) is 5.91 Å². The fraction of sp³-hybridized carbons (Fsp3) is 0.462. The monoisotopic (exact) mass is 250 g/mol. The van der Waals surface area contributed by atoms with Crippen LogP contribution in [0.5, 0.6) is 0 Å². The predicted octanol–water partition coefficient (Wildman–Crippen LogP) is 2.54. The molecule has 1 heterocycles. The van der Waals surface area contributed by atoms with E-state index in [-0.39, 0.29) is 23.1 Å². The number of aromatic nitrogens is 1. The SMILES string of the molecule is CCCCC(C)C(=O)Nc1cnccc1C(=O)O. The van der Waals surface area contributed by atoms with E-state index >= 15 is 0 Å². The van der Waals surface area contributed by atoms with Gasteiger partial charge in [0.15, 0.2) is 0 Å². The number of carboxylic acid groups (broad SMARTS) is 1. The van der Waals surface area contributed by atoms with Crippen LogP contribution in [0.15, 0.2) is 18.5 Å². The van der Waals surface area contributed by atoms with Gasteiger partial charge in [-0.25, -0.2) is 4.79 Å². The minimum Gasteiger partial charge on any atom is -0.478 e. The smallest absolute Gasteiger partial charge is 0.337 e. The van der Waals surface area contributed by atoms with Crippen molar-refractivity contribution < 1.29 is 14.7 Å². The van der Waals surface area contributed by atoms with Crippen molar-refractivity contribution in [2.75, 3.05) is 5.32 Å². The van der Waals surface area contributed by atoms with Gasteiger partial charge in [-0.15, -0.1) is 0 Å². The van der Waals surface area contributed by atoms with Crippen LogP contribution in [0.3, 0.4) is 0 Å². The number of amides is 1. The van der Waals surface area contributed by atoms with Gasteiger partial charge in [-0.2, -0.15) is 0 Å². The molecule has 2 N–H and O–H groups in total. The van der Waals surface area contributed by atoms with Gasteiger partial charge in [0.05, 0.1) is 17.4 Å². The van der Waals surface area contributed by atoms with Gasteiger partial charge in [0, 0.05) is 12.1 Å². The van der Waals surface area contributed by atoms with E-state index < -0.39 is 5.97 Å². The van der Waals surface area contributed by atoms with Gasteiger partial charge >= 0.3 is 5.97 Å². The summed E-state index contributed by atoms with van der Waals surface area (Å²) in [4.78, 5) is 26.7. The molecule has 0 saturated heterocycles. The first-order valence-electron chi connectivity index (χ1n) is 6.04. The Labute approximate surface area is 106 Å². The molecule has 5 nitrogen and oxygen atoms in total. The molecule has 1 rings (SSSR count). The van der Waals surface area contributed by atoms with E-state index in [0.29, 0.717) is 0 Å². The Bertz CT molecular complexity index is 432. The first kappa shape index (κ1) is 14.2. The lowest BCUT2D eigenvalue weighted by atomic mass is 10.0. The molecule has 0 aliphatic carbocycles. The maximum atomic E-state index is 11.9. The van der Waals surface area contributed by atoms with Crippen LogP contribution in [0, 0.1) is 5.92 Å². The summed E-state index contributed by atoms with van der Waals surface area (Å²) in [7, 11) is 0. The maximum Gasteiger partial charge on any atom is 0.337 e. The standard InChI is InChI=1S/C13H18N2O3/c1-3-4-5-9(2)12(16)15-11-8-14-7-6-10(11)13(17)18/h6-9H,3-5H2,1-2H3,(H,15,16)(H,17,18). The molecular weight excluding hydrogens is 232 g/mol. The number of rotatable bonds is 6. The van der Waals surface area contributed by atoms with Crippen LogP contribution in [0.2, 0.25) is 0 Å². The van der Waals surface area contributed by atoms with E-state index in [1.165, 1.54) is 18.5 Å². The zero-order valence-corrected chi connectivity index (χ0v) is 10.6. The van der Waals surface area contributed by atoms with Crippen LogP contribution < -0.4 is 5.32 Å². The molecule has 1 atom stereocenters. The van der Waals surface area contributed by atoms with Crippen molar-refractivity contribution in [3.63, 3.8) is 0 Å². The molecule has 0 fully saturated rings. The first-order chi connectivity index (χ1) is 8.56. The minimum atomic E-state index is -1.08. The Morgan fingerprint density at radius 3 is 2.83 bits per heavy atom. The average Bonchev–Trinajstić information content (AvgIpc) is 2.36. The lowest BCUT2D eigenvalue weighted by Gasteiger charge is -2.12. The molecule has 98 valence electrons. The third-order valence-corrected chi connectivity index (χ3v) is 2.75. The average molecular weight is 250 g/mol. The number of anilines is 1. The number of carbonyl (C=O) groups excluding carboxylic acids is 1. The summed E-state index contributed by atoms with van der Waals surface area (Å²) in [5.41, 5.74) is 0.305. The largest absolute Gasteiger partial charge is 0.478 e. The lowest BCUT2D eigenvalue weighted by Crippen LogP contribution is -2.21. The minimum absolute atomic E-state index is 0.0565. The number of nitrogens with zero attached hydrogens (tertiary/aromatic N) is 1. The molecule has 0 bridgehead atoms. The Morgan fingerprint density at radius 1 is 1.50 bits per heavy atom. The molecule has 1 unspecified atom stereocenters. The molecule has 18 heavy (non-hydrogen) atoms. The zero-order chi connectivity index (χ0) is 13.5. The van der Waals surface area contributed by atoms with Crippen LogP contribution in [-0.4, -0.2) is 22.0 Å². The van der Waals surface area contributed by atoms with E-state index in [4.69, 9.17) is 5.11 Å². The summed E-state index contributed by atoms with van der Waals surface area (Å²) < 4.78 is 0. The quantitative estimate of drug-likeness (QED) is 0.813. The Morgan fingerprint density at radius 2 is 2.22 bits per heavy atom. The molecular formula is C13H18N2O3. The molecule has 1 aromatic heterocycles. The summed E-state index contributed by atoms with van der Waals surface area (Å²) in [5.74, 6) is -1.38. The van der Waals surface area contributed by atoms with Crippen LogP contribution in [0.1, 0.15) is 43.5 Å². The second kappa shape index (κ2) is 6.74. The third kappa shape index (κ3) is 3.84. The van der Waals surface area contributed by atoms with Crippen molar-refractivity contribution in [2.24, 2.45) is 5.92 Å². The van der Waals surface area contributed by atoms with E-state index in [1.807, 2.05) is 6.92 Å². The fourth-order valence-electron chi connectivity index (χ4n) is 1.58. The number of aromatic carboxylic acids is 1. The number of nitrogens with one attached hydrogen (secondary N) is 1. The van der Waals surface area contributed by atoms with Crippen LogP contribution in [-0.2, 0) is 4.79 Å². The van der Waals surface area contributed by atoms with Crippen LogP contribution in [0.4, 0.5) is 5.69 Å². The highest BCUT2D eigenvalue weighted by molar-refractivity contribution is 6.00. The summed E-state index contributed by atoms with van der Waals surface area (Å²) in [6.45, 7) is 3.90. The van der Waals surface area contributed by atoms with Gasteiger partial charge < -0.3 is 10.4 Å². The van der Waals surface area contributed by atoms with Gasteiger partial charge in [0.25, 0.3) is 0 Å². The number of hydrogen-bond donors (Lipinski definition) is 2. The van der Waals surface area contributed by atoms with E-state index in [9.17, 15) is 9.59 Å². The Kier molecular flexibility index (Phi) is 5.30. The van der Waals surface area contributed by atoms with E-state index in [0.717, 1.165) is 19.3 Å². The van der Waals surface area contributed by atoms with E-state index in [2.05, 4.69) is 17.2 Å². The highest BCUT2D eigenvalue weighted by atomic mass is 16.4. The number of unbranched alkanes of at least 4 members (excludes halogenated alkanes) is 1. The second-order valence-electron chi connectivity index (χ2n) is 4.26. The highest BCUT2D eigenvalue weighted by Gasteiger charge is 2.16. The van der Waals surface area contributed by atoms with Crippen molar-refractivity contribution in [3.05, 3.63) is 24.0 Å². The number of carboxylic acids is 1. The summed E-state index contributed by atoms with van der Waals surface area (Å²) in [6.07, 6.45) is 5.55.